The fraction of sp³-hybridized carbons (Fsp3) is 0.611. The molecule has 2 aliphatic rings. The Hall–Kier alpha value is -6.51. The summed E-state index contributed by atoms with van der Waals surface area (Å²) in [7, 11) is 0. The minimum absolute atomic E-state index is 0.0155. The normalized spacial score (nSPS) is 19.4. The minimum atomic E-state index is -2.08. The van der Waals surface area contributed by atoms with Gasteiger partial charge in [-0.15, -0.1) is 11.8 Å². The van der Waals surface area contributed by atoms with Gasteiger partial charge in [-0.05, 0) is 46.5 Å². The first-order valence-electron chi connectivity index (χ1n) is 19.5. The number of hydrogen-bond acceptors (Lipinski definition) is 15. The molecule has 5 unspecified atom stereocenters. The lowest BCUT2D eigenvalue weighted by atomic mass is 9.94. The van der Waals surface area contributed by atoms with Crippen LogP contribution in [0.15, 0.2) is 16.3 Å². The third-order valence-electron chi connectivity index (χ3n) is 9.41. The van der Waals surface area contributed by atoms with Crippen LogP contribution in [0.3, 0.4) is 0 Å². The average Bonchev–Trinajstić information content (AvgIpc) is 3.18. The zero-order valence-electron chi connectivity index (χ0n) is 35.2. The first-order valence-corrected chi connectivity index (χ1v) is 20.5. The highest BCUT2D eigenvalue weighted by Crippen LogP contribution is 2.45. The zero-order valence-corrected chi connectivity index (χ0v) is 36.0. The zero-order chi connectivity index (χ0) is 47.8. The molecule has 0 bridgehead atoms. The number of aliphatic hydroxyl groups excluding tert-OH is 1. The Kier molecular flexibility index (Phi) is 20.2. The highest BCUT2D eigenvalue weighted by atomic mass is 32.2. The summed E-state index contributed by atoms with van der Waals surface area (Å²) in [5.74, 6) is -9.47. The summed E-state index contributed by atoms with van der Waals surface area (Å²) in [6.45, 7) is 5.83. The van der Waals surface area contributed by atoms with Crippen molar-refractivity contribution >= 4 is 83.4 Å². The molecule has 350 valence electrons. The van der Waals surface area contributed by atoms with E-state index < -0.39 is 125 Å². The number of fused-ring (bicyclic) bond motifs is 1. The highest BCUT2D eigenvalue weighted by molar-refractivity contribution is 8.00. The number of carboxylic acids is 2. The largest absolute Gasteiger partial charge is 0.480 e. The molecule has 8 amide bonds. The predicted molar refractivity (Wildman–Crippen MR) is 219 cm³/mol. The molecular formula is C36H55N11O15S. The summed E-state index contributed by atoms with van der Waals surface area (Å²) in [4.78, 5) is 140. The molecule has 0 aliphatic carbocycles. The maximum atomic E-state index is 13.5. The van der Waals surface area contributed by atoms with Crippen molar-refractivity contribution in [2.45, 2.75) is 120 Å². The average molecular weight is 914 g/mol. The molecule has 1 fully saturated rings. The minimum Gasteiger partial charge on any atom is -0.480 e. The number of nitrogens with one attached hydrogen (secondary N) is 7. The number of hydrogen-bond donors (Lipinski definition) is 12. The number of carboxylic acid groups (broad SMARTS) is 2. The summed E-state index contributed by atoms with van der Waals surface area (Å²) < 4.78 is 5.29. The van der Waals surface area contributed by atoms with Crippen molar-refractivity contribution in [2.24, 2.45) is 16.5 Å². The second-order valence-electron chi connectivity index (χ2n) is 14.6. The molecule has 8 atom stereocenters. The number of carbonyl (C=O) groups excluding carboxylic acids is 9. The number of nitrogens with zero attached hydrogens (tertiary/aromatic N) is 2. The standard InChI is InChI=1S/C36H55N11O15S/c1-16(41-19(4)49)28(54)42-17(2)29(55)43-18(3)30(56)45-22(9-7-11-39-35(37)38)24(51)12-26(53)62-13-21-14-63-34-36(40-15-48,33(61)47(34)27(21)32(59)60)46-25(52)10-6-8-23(31(57)58)44-20(5)50/h15-18,22-24,34,51H,6-14H2,1-5H3,(H,40,48)(H,41,49)(H,42,54)(H,43,55)(H,44,50)(H,45,56)(H,46,52)(H,57,58)(H,59,60)(H4,37,38,39)/t16-,17-,18-,22?,23?,24?,34?,36?/m0/s1. The van der Waals surface area contributed by atoms with E-state index in [0.29, 0.717) is 0 Å². The smallest absolute Gasteiger partial charge is 0.352 e. The van der Waals surface area contributed by atoms with Crippen molar-refractivity contribution in [3.05, 3.63) is 11.3 Å². The summed E-state index contributed by atoms with van der Waals surface area (Å²) >= 11 is 0.920. The molecule has 2 aliphatic heterocycles. The van der Waals surface area contributed by atoms with E-state index in [4.69, 9.17) is 16.2 Å². The lowest BCUT2D eigenvalue weighted by molar-refractivity contribution is -0.162. The number of thioether (sulfide) groups is 1. The van der Waals surface area contributed by atoms with Gasteiger partial charge in [-0.25, -0.2) is 9.59 Å². The molecule has 0 aromatic rings. The predicted octanol–water partition coefficient (Wildman–Crippen LogP) is -5.08. The molecule has 14 N–H and O–H groups in total. The molecule has 2 rings (SSSR count). The molecule has 0 radical (unpaired) electrons. The lowest BCUT2D eigenvalue weighted by Gasteiger charge is -2.56. The quantitative estimate of drug-likeness (QED) is 0.00735. The van der Waals surface area contributed by atoms with Gasteiger partial charge in [-0.3, -0.25) is 53.0 Å². The van der Waals surface area contributed by atoms with Crippen LogP contribution >= 0.6 is 11.8 Å². The Labute approximate surface area is 364 Å². The summed E-state index contributed by atoms with van der Waals surface area (Å²) in [5.41, 5.74) is 8.02. The van der Waals surface area contributed by atoms with E-state index >= 15 is 0 Å². The third-order valence-corrected chi connectivity index (χ3v) is 10.8. The molecule has 0 spiro atoms. The molecule has 0 aromatic heterocycles. The number of esters is 1. The second kappa shape index (κ2) is 24.2. The van der Waals surface area contributed by atoms with Crippen molar-refractivity contribution in [1.82, 2.24) is 42.1 Å². The van der Waals surface area contributed by atoms with Crippen molar-refractivity contribution in [1.29, 1.82) is 0 Å². The van der Waals surface area contributed by atoms with Crippen LogP contribution in [-0.4, -0.2) is 158 Å². The van der Waals surface area contributed by atoms with E-state index in [0.717, 1.165) is 23.6 Å². The first-order chi connectivity index (χ1) is 29.4. The fourth-order valence-corrected chi connectivity index (χ4v) is 7.67. The Balaban J connectivity index is 2.12. The number of guanidine groups is 1. The first kappa shape index (κ1) is 52.6. The van der Waals surface area contributed by atoms with Crippen LogP contribution in [0.4, 0.5) is 0 Å². The van der Waals surface area contributed by atoms with Gasteiger partial charge < -0.3 is 68.7 Å². The number of ether oxygens (including phenoxy) is 1. The van der Waals surface area contributed by atoms with Gasteiger partial charge in [-0.1, -0.05) is 0 Å². The maximum absolute atomic E-state index is 13.5. The summed E-state index contributed by atoms with van der Waals surface area (Å²) in [6.07, 6.45) is -2.50. The van der Waals surface area contributed by atoms with E-state index in [9.17, 15) is 68.1 Å². The van der Waals surface area contributed by atoms with Crippen LogP contribution in [0.1, 0.15) is 73.1 Å². The van der Waals surface area contributed by atoms with Crippen molar-refractivity contribution in [3.63, 3.8) is 0 Å². The number of β-lactam (4-membered cyclic amide) rings is 1. The summed E-state index contributed by atoms with van der Waals surface area (Å²) in [6, 6.07) is -5.71. The Bertz CT molecular complexity index is 1860. The van der Waals surface area contributed by atoms with Crippen LogP contribution in [0.2, 0.25) is 0 Å². The van der Waals surface area contributed by atoms with E-state index in [-0.39, 0.29) is 62.3 Å². The number of amides is 8. The molecule has 0 saturated carbocycles. The number of aliphatic hydroxyl groups is 1. The van der Waals surface area contributed by atoms with Gasteiger partial charge in [0.25, 0.3) is 5.91 Å². The van der Waals surface area contributed by atoms with Crippen LogP contribution in [-0.2, 0) is 57.5 Å². The van der Waals surface area contributed by atoms with Crippen LogP contribution in [0, 0.1) is 0 Å². The number of rotatable bonds is 26. The molecule has 63 heavy (non-hydrogen) atoms. The third kappa shape index (κ3) is 15.4. The molecule has 0 aromatic carbocycles. The molecule has 1 saturated heterocycles. The number of aliphatic imine (C=N–C) groups is 1. The molecule has 27 heteroatoms. The Morgan fingerprint density at radius 3 is 1.98 bits per heavy atom. The monoisotopic (exact) mass is 913 g/mol. The highest BCUT2D eigenvalue weighted by Gasteiger charge is 2.66. The van der Waals surface area contributed by atoms with Crippen molar-refractivity contribution in [2.75, 3.05) is 18.9 Å². The molecular weight excluding hydrogens is 859 g/mol. The van der Waals surface area contributed by atoms with Gasteiger partial charge in [0.15, 0.2) is 5.96 Å². The number of aliphatic carboxylic acids is 2. The van der Waals surface area contributed by atoms with E-state index in [1.54, 1.807) is 0 Å². The molecule has 26 nitrogen and oxygen atoms in total. The van der Waals surface area contributed by atoms with E-state index in [2.05, 4.69) is 42.2 Å². The van der Waals surface area contributed by atoms with E-state index in [1.165, 1.54) is 27.7 Å². The fourth-order valence-electron chi connectivity index (χ4n) is 6.27. The Morgan fingerprint density at radius 2 is 1.46 bits per heavy atom. The van der Waals surface area contributed by atoms with Crippen molar-refractivity contribution in [3.8, 4) is 0 Å². The topological polar surface area (TPSA) is 410 Å². The number of nitrogens with two attached hydrogens (primary N) is 2. The lowest BCUT2D eigenvalue weighted by Crippen LogP contribution is -2.85. The van der Waals surface area contributed by atoms with Crippen molar-refractivity contribution < 1.29 is 72.8 Å². The van der Waals surface area contributed by atoms with Crippen LogP contribution in [0.5, 0.6) is 0 Å². The SMILES string of the molecule is CC(=O)NC(CCCC(=O)NC1(NC=O)C(=O)N2C(C(=O)O)=C(COC(=O)CC(O)C(CCCN=C(N)N)NC(=O)[C@H](C)NC(=O)[C@H](C)NC(=O)[C@H](C)NC(C)=O)CSC21)C(=O)O. The van der Waals surface area contributed by atoms with Gasteiger partial charge >= 0.3 is 17.9 Å². The summed E-state index contributed by atoms with van der Waals surface area (Å²) in [5, 5.41) is 45.9. The van der Waals surface area contributed by atoms with Gasteiger partial charge in [0.05, 0.1) is 18.6 Å². The maximum Gasteiger partial charge on any atom is 0.352 e. The Morgan fingerprint density at radius 1 is 0.889 bits per heavy atom. The van der Waals surface area contributed by atoms with E-state index in [1.807, 2.05) is 0 Å². The van der Waals surface area contributed by atoms with Gasteiger partial charge in [0, 0.05) is 38.1 Å². The van der Waals surface area contributed by atoms with Gasteiger partial charge in [-0.2, -0.15) is 0 Å². The van der Waals surface area contributed by atoms with Crippen LogP contribution in [0.25, 0.3) is 0 Å². The second-order valence-corrected chi connectivity index (χ2v) is 15.6. The number of carbonyl (C=O) groups is 11. The van der Waals surface area contributed by atoms with Gasteiger partial charge in [0.2, 0.25) is 47.5 Å². The van der Waals surface area contributed by atoms with Gasteiger partial charge in [0.1, 0.15) is 41.8 Å². The molecule has 2 heterocycles. The van der Waals surface area contributed by atoms with Crippen LogP contribution < -0.4 is 48.7 Å².